The van der Waals surface area contributed by atoms with Crippen LogP contribution in [-0.2, 0) is 11.3 Å². The molecule has 1 aliphatic heterocycles. The lowest BCUT2D eigenvalue weighted by atomic mass is 10.1. The smallest absolute Gasteiger partial charge is 0.128 e. The number of piperidine rings is 1. The van der Waals surface area contributed by atoms with Gasteiger partial charge in [0.15, 0.2) is 0 Å². The van der Waals surface area contributed by atoms with Gasteiger partial charge in [0.25, 0.3) is 0 Å². The fourth-order valence-corrected chi connectivity index (χ4v) is 3.00. The van der Waals surface area contributed by atoms with Crippen LogP contribution >= 0.6 is 0 Å². The number of aromatic nitrogens is 1. The van der Waals surface area contributed by atoms with Crippen LogP contribution in [0.15, 0.2) is 12.1 Å². The Balaban J connectivity index is 1.62. The average Bonchev–Trinajstić information content (AvgIpc) is 3.31. The van der Waals surface area contributed by atoms with Crippen LogP contribution in [0.3, 0.4) is 0 Å². The van der Waals surface area contributed by atoms with E-state index < -0.39 is 0 Å². The van der Waals surface area contributed by atoms with Gasteiger partial charge in [0.2, 0.25) is 0 Å². The number of hydrogen-bond donors (Lipinski definition) is 1. The van der Waals surface area contributed by atoms with Crippen LogP contribution in [0.4, 0.5) is 5.82 Å². The van der Waals surface area contributed by atoms with Crippen molar-refractivity contribution in [1.82, 2.24) is 10.3 Å². The van der Waals surface area contributed by atoms with Crippen molar-refractivity contribution in [3.63, 3.8) is 0 Å². The fraction of sp³-hybridized carbons (Fsp3) is 0.706. The van der Waals surface area contributed by atoms with Crippen molar-refractivity contribution in [3.8, 4) is 0 Å². The number of rotatable bonds is 6. The van der Waals surface area contributed by atoms with E-state index in [0.717, 1.165) is 43.8 Å². The van der Waals surface area contributed by atoms with Crippen molar-refractivity contribution < 1.29 is 4.74 Å². The molecule has 4 heteroatoms. The van der Waals surface area contributed by atoms with E-state index in [9.17, 15) is 0 Å². The van der Waals surface area contributed by atoms with Crippen molar-refractivity contribution in [3.05, 3.63) is 23.4 Å². The van der Waals surface area contributed by atoms with Crippen LogP contribution < -0.4 is 10.2 Å². The first kappa shape index (κ1) is 14.8. The van der Waals surface area contributed by atoms with Gasteiger partial charge in [0, 0.05) is 38.0 Å². The summed E-state index contributed by atoms with van der Waals surface area (Å²) in [6, 6.07) is 5.15. The minimum Gasteiger partial charge on any atom is -0.377 e. The minimum atomic E-state index is 0.363. The topological polar surface area (TPSA) is 37.4 Å². The molecule has 2 fully saturated rings. The molecule has 1 saturated carbocycles. The van der Waals surface area contributed by atoms with Gasteiger partial charge in [0.1, 0.15) is 5.82 Å². The van der Waals surface area contributed by atoms with Crippen molar-refractivity contribution in [2.24, 2.45) is 0 Å². The molecule has 116 valence electrons. The molecular weight excluding hydrogens is 262 g/mol. The summed E-state index contributed by atoms with van der Waals surface area (Å²) in [4.78, 5) is 7.19. The number of pyridine rings is 1. The normalized spacial score (nSPS) is 22.6. The van der Waals surface area contributed by atoms with E-state index in [1.165, 1.54) is 31.2 Å². The van der Waals surface area contributed by atoms with Gasteiger partial charge in [-0.05, 0) is 51.2 Å². The molecule has 2 heterocycles. The zero-order chi connectivity index (χ0) is 14.7. The molecule has 1 aromatic heterocycles. The predicted octanol–water partition coefficient (Wildman–Crippen LogP) is 2.65. The standard InChI is InChI=1S/C17H27N3O/c1-3-21-16-5-4-10-20(12-16)17-9-6-14(13(2)19-17)11-18-15-7-8-15/h6,9,15-16,18H,3-5,7-8,10-12H2,1-2H3. The first-order valence-corrected chi connectivity index (χ1v) is 8.32. The molecule has 0 bridgehead atoms. The van der Waals surface area contributed by atoms with Gasteiger partial charge in [0.05, 0.1) is 6.10 Å². The summed E-state index contributed by atoms with van der Waals surface area (Å²) in [5, 5.41) is 3.56. The van der Waals surface area contributed by atoms with Crippen LogP contribution in [0.5, 0.6) is 0 Å². The fourth-order valence-electron chi connectivity index (χ4n) is 3.00. The van der Waals surface area contributed by atoms with Crippen LogP contribution in [-0.4, -0.2) is 36.8 Å². The van der Waals surface area contributed by atoms with Gasteiger partial charge in [-0.1, -0.05) is 6.07 Å². The third kappa shape index (κ3) is 3.95. The molecule has 1 N–H and O–H groups in total. The zero-order valence-electron chi connectivity index (χ0n) is 13.3. The van der Waals surface area contributed by atoms with Crippen molar-refractivity contribution in [2.45, 2.75) is 58.2 Å². The van der Waals surface area contributed by atoms with Crippen LogP contribution in [0.2, 0.25) is 0 Å². The highest BCUT2D eigenvalue weighted by atomic mass is 16.5. The molecule has 1 atom stereocenters. The van der Waals surface area contributed by atoms with Gasteiger partial charge in [-0.15, -0.1) is 0 Å². The summed E-state index contributed by atoms with van der Waals surface area (Å²) in [5.41, 5.74) is 2.48. The Morgan fingerprint density at radius 2 is 2.19 bits per heavy atom. The molecule has 21 heavy (non-hydrogen) atoms. The highest BCUT2D eigenvalue weighted by Gasteiger charge is 2.22. The van der Waals surface area contributed by atoms with E-state index >= 15 is 0 Å². The number of hydrogen-bond acceptors (Lipinski definition) is 4. The quantitative estimate of drug-likeness (QED) is 0.873. The van der Waals surface area contributed by atoms with E-state index in [4.69, 9.17) is 9.72 Å². The number of aryl methyl sites for hydroxylation is 1. The Hall–Kier alpha value is -1.13. The lowest BCUT2D eigenvalue weighted by Gasteiger charge is -2.33. The molecule has 1 aromatic rings. The number of anilines is 1. The summed E-state index contributed by atoms with van der Waals surface area (Å²) < 4.78 is 5.78. The molecule has 3 rings (SSSR count). The van der Waals surface area contributed by atoms with Crippen molar-refractivity contribution in [2.75, 3.05) is 24.6 Å². The van der Waals surface area contributed by atoms with Crippen molar-refractivity contribution in [1.29, 1.82) is 0 Å². The van der Waals surface area contributed by atoms with Gasteiger partial charge >= 0.3 is 0 Å². The first-order valence-electron chi connectivity index (χ1n) is 8.32. The summed E-state index contributed by atoms with van der Waals surface area (Å²) >= 11 is 0. The summed E-state index contributed by atoms with van der Waals surface area (Å²) in [6.45, 7) is 8.01. The molecule has 0 radical (unpaired) electrons. The maximum Gasteiger partial charge on any atom is 0.128 e. The predicted molar refractivity (Wildman–Crippen MR) is 85.7 cm³/mol. The molecule has 2 aliphatic rings. The first-order chi connectivity index (χ1) is 10.3. The molecule has 0 amide bonds. The molecule has 4 nitrogen and oxygen atoms in total. The van der Waals surface area contributed by atoms with Crippen LogP contribution in [0.25, 0.3) is 0 Å². The Bertz CT molecular complexity index is 471. The molecular formula is C17H27N3O. The summed E-state index contributed by atoms with van der Waals surface area (Å²) in [5.74, 6) is 1.10. The summed E-state index contributed by atoms with van der Waals surface area (Å²) in [7, 11) is 0. The van der Waals surface area contributed by atoms with Gasteiger partial charge in [-0.25, -0.2) is 4.98 Å². The molecule has 0 aromatic carbocycles. The lowest BCUT2D eigenvalue weighted by Crippen LogP contribution is -2.40. The molecule has 1 unspecified atom stereocenters. The van der Waals surface area contributed by atoms with E-state index in [1.807, 2.05) is 0 Å². The third-order valence-electron chi connectivity index (χ3n) is 4.44. The monoisotopic (exact) mass is 289 g/mol. The van der Waals surface area contributed by atoms with E-state index in [1.54, 1.807) is 0 Å². The Kier molecular flexibility index (Phi) is 4.76. The Labute approximate surface area is 127 Å². The Morgan fingerprint density at radius 3 is 2.90 bits per heavy atom. The lowest BCUT2D eigenvalue weighted by molar-refractivity contribution is 0.0525. The number of ether oxygens (including phenoxy) is 1. The average molecular weight is 289 g/mol. The zero-order valence-corrected chi connectivity index (χ0v) is 13.3. The minimum absolute atomic E-state index is 0.363. The SMILES string of the molecule is CCOC1CCCN(c2ccc(CNC3CC3)c(C)n2)C1. The van der Waals surface area contributed by atoms with E-state index in [0.29, 0.717) is 6.10 Å². The van der Waals surface area contributed by atoms with E-state index in [-0.39, 0.29) is 0 Å². The maximum absolute atomic E-state index is 5.78. The largest absolute Gasteiger partial charge is 0.377 e. The highest BCUT2D eigenvalue weighted by molar-refractivity contribution is 5.42. The number of nitrogens with one attached hydrogen (secondary N) is 1. The molecule has 1 aliphatic carbocycles. The molecule has 1 saturated heterocycles. The van der Waals surface area contributed by atoms with Crippen molar-refractivity contribution >= 4 is 5.82 Å². The Morgan fingerprint density at radius 1 is 1.33 bits per heavy atom. The maximum atomic E-state index is 5.78. The third-order valence-corrected chi connectivity index (χ3v) is 4.44. The van der Waals surface area contributed by atoms with E-state index in [2.05, 4.69) is 36.2 Å². The highest BCUT2D eigenvalue weighted by Crippen LogP contribution is 2.22. The van der Waals surface area contributed by atoms with Gasteiger partial charge < -0.3 is 15.0 Å². The van der Waals surface area contributed by atoms with Crippen LogP contribution in [0.1, 0.15) is 43.9 Å². The molecule has 0 spiro atoms. The van der Waals surface area contributed by atoms with Gasteiger partial charge in [-0.3, -0.25) is 0 Å². The summed E-state index contributed by atoms with van der Waals surface area (Å²) in [6.07, 6.45) is 5.39. The van der Waals surface area contributed by atoms with Gasteiger partial charge in [-0.2, -0.15) is 0 Å². The second-order valence-corrected chi connectivity index (χ2v) is 6.23. The number of nitrogens with zero attached hydrogens (tertiary/aromatic N) is 2. The second kappa shape index (κ2) is 6.75. The second-order valence-electron chi connectivity index (χ2n) is 6.23. The van der Waals surface area contributed by atoms with Crippen LogP contribution in [0, 0.1) is 6.92 Å².